The number of benzene rings is 1. The molecular formula is C29H32F3N7O4S. The van der Waals surface area contributed by atoms with Crippen molar-refractivity contribution < 1.29 is 27.9 Å². The van der Waals surface area contributed by atoms with Crippen molar-refractivity contribution in [3.63, 3.8) is 0 Å². The minimum Gasteiger partial charge on any atom is -0.395 e. The van der Waals surface area contributed by atoms with Crippen molar-refractivity contribution >= 4 is 40.0 Å². The van der Waals surface area contributed by atoms with Crippen LogP contribution in [0, 0.1) is 0 Å². The highest BCUT2D eigenvalue weighted by Gasteiger charge is 2.34. The normalized spacial score (nSPS) is 11.8. The first-order valence-electron chi connectivity index (χ1n) is 13.6. The number of pyridine rings is 2. The average Bonchev–Trinajstić information content (AvgIpc) is 3.46. The molecule has 0 atom stereocenters. The van der Waals surface area contributed by atoms with Gasteiger partial charge < -0.3 is 25.2 Å². The highest BCUT2D eigenvalue weighted by atomic mass is 32.1. The van der Waals surface area contributed by atoms with Crippen molar-refractivity contribution in [3.05, 3.63) is 63.5 Å². The molecule has 44 heavy (non-hydrogen) atoms. The van der Waals surface area contributed by atoms with Crippen molar-refractivity contribution in [3.8, 4) is 21.7 Å². The van der Waals surface area contributed by atoms with Gasteiger partial charge in [0.25, 0.3) is 5.91 Å². The molecule has 4 rings (SSSR count). The van der Waals surface area contributed by atoms with E-state index in [2.05, 4.69) is 25.9 Å². The first-order chi connectivity index (χ1) is 20.8. The maximum atomic E-state index is 13.6. The van der Waals surface area contributed by atoms with Crippen LogP contribution in [0.5, 0.6) is 0 Å². The Balaban J connectivity index is 1.89. The van der Waals surface area contributed by atoms with E-state index in [0.29, 0.717) is 29.7 Å². The summed E-state index contributed by atoms with van der Waals surface area (Å²) >= 11 is 0.778. The van der Waals surface area contributed by atoms with E-state index in [4.69, 9.17) is 5.11 Å². The zero-order valence-electron chi connectivity index (χ0n) is 24.5. The molecule has 3 aromatic heterocycles. The molecule has 3 amide bonds. The maximum absolute atomic E-state index is 13.6. The van der Waals surface area contributed by atoms with Gasteiger partial charge >= 0.3 is 12.2 Å². The Morgan fingerprint density at radius 3 is 2.55 bits per heavy atom. The van der Waals surface area contributed by atoms with E-state index in [-0.39, 0.29) is 46.5 Å². The molecule has 0 aliphatic rings. The molecule has 1 aromatic carbocycles. The highest BCUT2D eigenvalue weighted by molar-refractivity contribution is 7.13. The molecule has 0 bridgehead atoms. The second-order valence-electron chi connectivity index (χ2n) is 10.5. The predicted octanol–water partition coefficient (Wildman–Crippen LogP) is 4.02. The van der Waals surface area contributed by atoms with E-state index in [1.807, 2.05) is 19.0 Å². The van der Waals surface area contributed by atoms with Gasteiger partial charge in [0.05, 0.1) is 12.1 Å². The number of aliphatic hydroxyl groups is 1. The summed E-state index contributed by atoms with van der Waals surface area (Å²) < 4.78 is 42.1. The van der Waals surface area contributed by atoms with Crippen molar-refractivity contribution in [2.45, 2.75) is 32.6 Å². The third-order valence-electron chi connectivity index (χ3n) is 6.41. The number of carbonyl (C=O) groups is 2. The van der Waals surface area contributed by atoms with Gasteiger partial charge in [-0.1, -0.05) is 6.07 Å². The van der Waals surface area contributed by atoms with Gasteiger partial charge in [0.1, 0.15) is 16.4 Å². The molecule has 0 aliphatic heterocycles. The van der Waals surface area contributed by atoms with Crippen LogP contribution in [-0.2, 0) is 12.7 Å². The predicted molar refractivity (Wildman–Crippen MR) is 163 cm³/mol. The van der Waals surface area contributed by atoms with Gasteiger partial charge in [-0.3, -0.25) is 14.9 Å². The lowest BCUT2D eigenvalue weighted by molar-refractivity contribution is -0.140. The number of fused-ring (bicyclic) bond motifs is 1. The fraction of sp³-hybridized carbons (Fsp3) is 0.345. The Kier molecular flexibility index (Phi) is 10.0. The van der Waals surface area contributed by atoms with E-state index in [0.717, 1.165) is 16.7 Å². The lowest BCUT2D eigenvalue weighted by Crippen LogP contribution is -2.34. The number of nitrogens with zero attached hydrogens (tertiary/aromatic N) is 4. The topological polar surface area (TPSA) is 141 Å². The molecule has 0 fully saturated rings. The number of nitrogens with one attached hydrogen (secondary N) is 3. The van der Waals surface area contributed by atoms with Crippen LogP contribution in [-0.4, -0.2) is 76.3 Å². The molecule has 4 N–H and O–H groups in total. The second kappa shape index (κ2) is 13.5. The number of carbonyl (C=O) groups excluding carboxylic acids is 2. The summed E-state index contributed by atoms with van der Waals surface area (Å²) in [7, 11) is 3.78. The Bertz CT molecular complexity index is 1730. The Morgan fingerprint density at radius 2 is 1.91 bits per heavy atom. The lowest BCUT2D eigenvalue weighted by Gasteiger charge is -2.17. The third-order valence-corrected chi connectivity index (χ3v) is 7.29. The first kappa shape index (κ1) is 32.6. The molecule has 234 valence electrons. The largest absolute Gasteiger partial charge is 0.434 e. The summed E-state index contributed by atoms with van der Waals surface area (Å²) in [4.78, 5) is 48.8. The Hall–Kier alpha value is -4.34. The van der Waals surface area contributed by atoms with E-state index < -0.39 is 29.2 Å². The number of aliphatic hydroxyl groups excluding tert-OH is 1. The molecule has 15 heteroatoms. The summed E-state index contributed by atoms with van der Waals surface area (Å²) in [6.07, 6.45) is -1.79. The number of likely N-dealkylation sites (N-methyl/N-ethyl adjacent to an activating group) is 1. The van der Waals surface area contributed by atoms with Gasteiger partial charge in [-0.25, -0.2) is 14.8 Å². The van der Waals surface area contributed by atoms with Crippen LogP contribution in [0.3, 0.4) is 0 Å². The summed E-state index contributed by atoms with van der Waals surface area (Å²) in [6.45, 7) is 4.26. The number of amides is 3. The molecule has 0 aliphatic carbocycles. The number of urea groups is 1. The van der Waals surface area contributed by atoms with Crippen LogP contribution in [0.15, 0.2) is 46.8 Å². The summed E-state index contributed by atoms with van der Waals surface area (Å²) in [5.41, 5.74) is -0.134. The molecule has 11 nitrogen and oxygen atoms in total. The number of halogens is 3. The number of thiazole rings is 1. The van der Waals surface area contributed by atoms with E-state index in [1.165, 1.54) is 18.5 Å². The third kappa shape index (κ3) is 7.59. The number of alkyl halides is 3. The molecular weight excluding hydrogens is 599 g/mol. The van der Waals surface area contributed by atoms with Crippen molar-refractivity contribution in [1.29, 1.82) is 0 Å². The Morgan fingerprint density at radius 1 is 1.16 bits per heavy atom. The number of hydrogen-bond acceptors (Lipinski definition) is 8. The van der Waals surface area contributed by atoms with E-state index in [1.54, 1.807) is 36.6 Å². The monoisotopic (exact) mass is 631 g/mol. The summed E-state index contributed by atoms with van der Waals surface area (Å²) in [5.74, 6) is -0.560. The van der Waals surface area contributed by atoms with Gasteiger partial charge in [-0.15, -0.1) is 11.3 Å². The van der Waals surface area contributed by atoms with Crippen molar-refractivity contribution in [2.24, 2.45) is 0 Å². The van der Waals surface area contributed by atoms with Crippen LogP contribution in [0.4, 0.5) is 23.8 Å². The number of hydrogen-bond donors (Lipinski definition) is 4. The van der Waals surface area contributed by atoms with E-state index in [9.17, 15) is 27.6 Å². The van der Waals surface area contributed by atoms with Gasteiger partial charge in [-0.2, -0.15) is 13.2 Å². The standard InChI is InChI=1S/C29H32F3N7O4S/c1-16(2)35-28(43)37-24-12-18(27-36-23(15-44-27)29(30,31)32)20(13-34-24)17-5-6-22-19(11-17)25(41)21(26(42)33-7-10-40)14-39(22)9-8-38(3)4/h5-6,11-16,40H,7-10H2,1-4H3,(H,33,42)(H2,34,35,37,43). The average molecular weight is 632 g/mol. The first-order valence-corrected chi connectivity index (χ1v) is 14.5. The van der Waals surface area contributed by atoms with Crippen LogP contribution >= 0.6 is 11.3 Å². The smallest absolute Gasteiger partial charge is 0.395 e. The van der Waals surface area contributed by atoms with Gasteiger partial charge in [0.2, 0.25) is 5.43 Å². The fourth-order valence-corrected chi connectivity index (χ4v) is 5.21. The molecule has 0 unspecified atom stereocenters. The maximum Gasteiger partial charge on any atom is 0.434 e. The number of rotatable bonds is 10. The van der Waals surface area contributed by atoms with Crippen LogP contribution in [0.1, 0.15) is 29.9 Å². The second-order valence-corrected chi connectivity index (χ2v) is 11.3. The molecule has 3 heterocycles. The molecule has 0 spiro atoms. The highest BCUT2D eigenvalue weighted by Crippen LogP contribution is 2.39. The summed E-state index contributed by atoms with van der Waals surface area (Å²) in [6, 6.07) is 5.67. The van der Waals surface area contributed by atoms with Gasteiger partial charge in [-0.05, 0) is 51.7 Å². The van der Waals surface area contributed by atoms with E-state index >= 15 is 0 Å². The Labute approximate surface area is 254 Å². The molecule has 4 aromatic rings. The van der Waals surface area contributed by atoms with Crippen LogP contribution in [0.2, 0.25) is 0 Å². The number of anilines is 1. The van der Waals surface area contributed by atoms with Crippen molar-refractivity contribution in [2.75, 3.05) is 39.1 Å². The zero-order chi connectivity index (χ0) is 32.2. The van der Waals surface area contributed by atoms with Gasteiger partial charge in [0, 0.05) is 60.0 Å². The van der Waals surface area contributed by atoms with Gasteiger partial charge in [0.15, 0.2) is 5.69 Å². The SMILES string of the molecule is CC(C)NC(=O)Nc1cc(-c2nc(C(F)(F)F)cs2)c(-c2ccc3c(c2)c(=O)c(C(=O)NCCO)cn3CCN(C)C)cn1. The van der Waals surface area contributed by atoms with Crippen LogP contribution in [0.25, 0.3) is 32.6 Å². The fourth-order valence-electron chi connectivity index (χ4n) is 4.36. The minimum atomic E-state index is -4.66. The molecule has 0 radical (unpaired) electrons. The molecule has 0 saturated heterocycles. The number of aromatic nitrogens is 3. The van der Waals surface area contributed by atoms with Crippen molar-refractivity contribution in [1.82, 2.24) is 30.1 Å². The zero-order valence-corrected chi connectivity index (χ0v) is 25.3. The lowest BCUT2D eigenvalue weighted by atomic mass is 9.99. The van der Waals surface area contributed by atoms with Crippen LogP contribution < -0.4 is 21.4 Å². The molecule has 0 saturated carbocycles. The minimum absolute atomic E-state index is 0.0302. The summed E-state index contributed by atoms with van der Waals surface area (Å²) in [5, 5.41) is 18.0. The quantitative estimate of drug-likeness (QED) is 0.207.